The highest BCUT2D eigenvalue weighted by molar-refractivity contribution is 5.45. The number of benzene rings is 1. The van der Waals surface area contributed by atoms with Gasteiger partial charge in [-0.1, -0.05) is 12.1 Å². The van der Waals surface area contributed by atoms with Gasteiger partial charge in [-0.15, -0.1) is 0 Å². The molecule has 17 heavy (non-hydrogen) atoms. The molecule has 1 aromatic rings. The van der Waals surface area contributed by atoms with Crippen molar-refractivity contribution in [2.75, 3.05) is 18.5 Å². The molecule has 0 aromatic heterocycles. The maximum absolute atomic E-state index is 8.85. The Morgan fingerprint density at radius 2 is 2.12 bits per heavy atom. The van der Waals surface area contributed by atoms with Crippen LogP contribution in [0.5, 0.6) is 0 Å². The lowest BCUT2D eigenvalue weighted by Gasteiger charge is -2.28. The van der Waals surface area contributed by atoms with Crippen LogP contribution in [0.1, 0.15) is 25.3 Å². The normalized spacial score (nSPS) is 24.6. The summed E-state index contributed by atoms with van der Waals surface area (Å²) in [5.74, 6) is 0. The van der Waals surface area contributed by atoms with Crippen LogP contribution in [0.25, 0.3) is 0 Å². The zero-order chi connectivity index (χ0) is 12.1. The minimum Gasteiger partial charge on any atom is -0.396 e. The van der Waals surface area contributed by atoms with Crippen LogP contribution in [-0.4, -0.2) is 30.5 Å². The van der Waals surface area contributed by atoms with Crippen molar-refractivity contribution >= 4 is 5.69 Å². The molecule has 0 saturated carbocycles. The van der Waals surface area contributed by atoms with Crippen molar-refractivity contribution in [1.82, 2.24) is 0 Å². The number of hydrogen-bond acceptors (Lipinski definition) is 3. The van der Waals surface area contributed by atoms with Crippen molar-refractivity contribution < 1.29 is 9.84 Å². The van der Waals surface area contributed by atoms with Gasteiger partial charge in [0.2, 0.25) is 0 Å². The molecule has 1 fully saturated rings. The third-order valence-electron chi connectivity index (χ3n) is 3.21. The van der Waals surface area contributed by atoms with Gasteiger partial charge in [0.05, 0.1) is 6.10 Å². The van der Waals surface area contributed by atoms with Gasteiger partial charge in [0.1, 0.15) is 0 Å². The molecule has 0 amide bonds. The van der Waals surface area contributed by atoms with E-state index in [-0.39, 0.29) is 6.61 Å². The number of aliphatic hydroxyl groups excluding tert-OH is 1. The van der Waals surface area contributed by atoms with Crippen LogP contribution >= 0.6 is 0 Å². The quantitative estimate of drug-likeness (QED) is 0.840. The molecule has 94 valence electrons. The summed E-state index contributed by atoms with van der Waals surface area (Å²) in [6, 6.07) is 8.83. The van der Waals surface area contributed by atoms with Gasteiger partial charge >= 0.3 is 0 Å². The van der Waals surface area contributed by atoms with E-state index in [1.165, 1.54) is 5.56 Å². The summed E-state index contributed by atoms with van der Waals surface area (Å²) < 4.78 is 5.53. The lowest BCUT2D eigenvalue weighted by molar-refractivity contribution is 0.0232. The van der Waals surface area contributed by atoms with Crippen LogP contribution in [0, 0.1) is 0 Å². The van der Waals surface area contributed by atoms with E-state index < -0.39 is 0 Å². The van der Waals surface area contributed by atoms with Gasteiger partial charge in [0, 0.05) is 24.9 Å². The molecule has 0 bridgehead atoms. The van der Waals surface area contributed by atoms with E-state index in [4.69, 9.17) is 9.84 Å². The molecule has 0 aliphatic carbocycles. The number of ether oxygens (including phenoxy) is 1. The van der Waals surface area contributed by atoms with Gasteiger partial charge in [-0.05, 0) is 43.9 Å². The fraction of sp³-hybridized carbons (Fsp3) is 0.571. The van der Waals surface area contributed by atoms with Crippen molar-refractivity contribution in [2.45, 2.75) is 38.3 Å². The average Bonchev–Trinajstić information content (AvgIpc) is 2.32. The molecule has 2 N–H and O–H groups in total. The van der Waals surface area contributed by atoms with Crippen LogP contribution in [0.3, 0.4) is 0 Å². The molecule has 1 saturated heterocycles. The summed E-state index contributed by atoms with van der Waals surface area (Å²) in [4.78, 5) is 0. The Morgan fingerprint density at radius 3 is 2.76 bits per heavy atom. The third kappa shape index (κ3) is 3.72. The van der Waals surface area contributed by atoms with Crippen LogP contribution < -0.4 is 5.32 Å². The topological polar surface area (TPSA) is 41.5 Å². The Hall–Kier alpha value is -1.06. The number of nitrogens with one attached hydrogen (secondary N) is 1. The van der Waals surface area contributed by atoms with E-state index in [9.17, 15) is 0 Å². The highest BCUT2D eigenvalue weighted by Crippen LogP contribution is 2.19. The molecule has 2 atom stereocenters. The van der Waals surface area contributed by atoms with E-state index in [0.29, 0.717) is 12.1 Å². The largest absolute Gasteiger partial charge is 0.396 e. The van der Waals surface area contributed by atoms with Gasteiger partial charge < -0.3 is 15.2 Å². The summed E-state index contributed by atoms with van der Waals surface area (Å²) in [7, 11) is 0. The standard InChI is InChI=1S/C14H21NO2/c1-11-10-14(7-9-17-11)15-13-4-2-12(3-5-13)6-8-16/h2-5,11,14-16H,6-10H2,1H3. The van der Waals surface area contributed by atoms with Gasteiger partial charge in [-0.25, -0.2) is 0 Å². The van der Waals surface area contributed by atoms with Crippen LogP contribution in [0.15, 0.2) is 24.3 Å². The minimum absolute atomic E-state index is 0.213. The smallest absolute Gasteiger partial charge is 0.0566 e. The second-order valence-electron chi connectivity index (χ2n) is 4.72. The monoisotopic (exact) mass is 235 g/mol. The van der Waals surface area contributed by atoms with Gasteiger partial charge in [0.25, 0.3) is 0 Å². The Balaban J connectivity index is 1.89. The molecular formula is C14H21NO2. The lowest BCUT2D eigenvalue weighted by Crippen LogP contribution is -2.32. The zero-order valence-corrected chi connectivity index (χ0v) is 10.4. The Kier molecular flexibility index (Phi) is 4.40. The molecule has 0 spiro atoms. The Morgan fingerprint density at radius 1 is 1.35 bits per heavy atom. The number of rotatable bonds is 4. The van der Waals surface area contributed by atoms with Crippen molar-refractivity contribution in [3.8, 4) is 0 Å². The highest BCUT2D eigenvalue weighted by atomic mass is 16.5. The molecule has 1 heterocycles. The lowest BCUT2D eigenvalue weighted by atomic mass is 10.0. The van der Waals surface area contributed by atoms with Crippen LogP contribution in [0.2, 0.25) is 0 Å². The number of hydrogen-bond donors (Lipinski definition) is 2. The minimum atomic E-state index is 0.213. The second-order valence-corrected chi connectivity index (χ2v) is 4.72. The van der Waals surface area contributed by atoms with E-state index in [0.717, 1.165) is 31.6 Å². The van der Waals surface area contributed by atoms with Crippen molar-refractivity contribution in [2.24, 2.45) is 0 Å². The van der Waals surface area contributed by atoms with E-state index in [1.807, 2.05) is 0 Å². The predicted octanol–water partition coefficient (Wildman–Crippen LogP) is 2.20. The molecule has 2 unspecified atom stereocenters. The Labute approximate surface area is 103 Å². The summed E-state index contributed by atoms with van der Waals surface area (Å²) in [5, 5.41) is 12.4. The fourth-order valence-electron chi connectivity index (χ4n) is 2.26. The van der Waals surface area contributed by atoms with Gasteiger partial charge in [0.15, 0.2) is 0 Å². The van der Waals surface area contributed by atoms with Crippen molar-refractivity contribution in [3.05, 3.63) is 29.8 Å². The van der Waals surface area contributed by atoms with Crippen LogP contribution in [0.4, 0.5) is 5.69 Å². The molecule has 1 aromatic carbocycles. The summed E-state index contributed by atoms with van der Waals surface area (Å²) in [6.45, 7) is 3.18. The van der Waals surface area contributed by atoms with E-state index >= 15 is 0 Å². The molecule has 2 rings (SSSR count). The van der Waals surface area contributed by atoms with Gasteiger partial charge in [-0.2, -0.15) is 0 Å². The van der Waals surface area contributed by atoms with E-state index in [1.54, 1.807) is 0 Å². The molecule has 0 radical (unpaired) electrons. The van der Waals surface area contributed by atoms with Crippen molar-refractivity contribution in [1.29, 1.82) is 0 Å². The average molecular weight is 235 g/mol. The first kappa shape index (κ1) is 12.4. The fourth-order valence-corrected chi connectivity index (χ4v) is 2.26. The molecule has 1 aliphatic rings. The summed E-state index contributed by atoms with van der Waals surface area (Å²) in [6.07, 6.45) is 3.23. The summed E-state index contributed by atoms with van der Waals surface area (Å²) >= 11 is 0. The maximum atomic E-state index is 8.85. The first-order valence-corrected chi connectivity index (χ1v) is 6.36. The SMILES string of the molecule is CC1CC(Nc2ccc(CCO)cc2)CCO1. The third-order valence-corrected chi connectivity index (χ3v) is 3.21. The predicted molar refractivity (Wildman–Crippen MR) is 69.3 cm³/mol. The zero-order valence-electron chi connectivity index (χ0n) is 10.4. The second kappa shape index (κ2) is 6.03. The number of aliphatic hydroxyl groups is 1. The van der Waals surface area contributed by atoms with Gasteiger partial charge in [-0.3, -0.25) is 0 Å². The first-order valence-electron chi connectivity index (χ1n) is 6.36. The molecular weight excluding hydrogens is 214 g/mol. The van der Waals surface area contributed by atoms with E-state index in [2.05, 4.69) is 36.5 Å². The number of anilines is 1. The maximum Gasteiger partial charge on any atom is 0.0566 e. The first-order chi connectivity index (χ1) is 8.28. The molecule has 3 heteroatoms. The highest BCUT2D eigenvalue weighted by Gasteiger charge is 2.18. The Bertz CT molecular complexity index is 337. The molecule has 3 nitrogen and oxygen atoms in total. The summed E-state index contributed by atoms with van der Waals surface area (Å²) in [5.41, 5.74) is 2.34. The van der Waals surface area contributed by atoms with Crippen LogP contribution in [-0.2, 0) is 11.2 Å². The van der Waals surface area contributed by atoms with Crippen molar-refractivity contribution in [3.63, 3.8) is 0 Å². The molecule has 1 aliphatic heterocycles.